The Hall–Kier alpha value is -1.82. The second-order valence-electron chi connectivity index (χ2n) is 2.93. The Labute approximate surface area is 90.3 Å². The monoisotopic (exact) mass is 220 g/mol. The highest BCUT2D eigenvalue weighted by atomic mass is 32.1. The molecule has 1 heterocycles. The maximum atomic E-state index is 11.0. The highest BCUT2D eigenvalue weighted by molar-refractivity contribution is 7.09. The molecular formula is C9H8N4OS. The fourth-order valence-electron chi connectivity index (χ4n) is 1.09. The minimum Gasteiger partial charge on any atom is -0.329 e. The molecule has 0 amide bonds. The molecule has 0 aliphatic rings. The van der Waals surface area contributed by atoms with Crippen LogP contribution in [0.1, 0.15) is 17.3 Å². The van der Waals surface area contributed by atoms with Crippen LogP contribution in [0.4, 0.5) is 10.8 Å². The summed E-state index contributed by atoms with van der Waals surface area (Å²) in [5, 5.41) is 10.9. The van der Waals surface area contributed by atoms with Gasteiger partial charge in [-0.2, -0.15) is 0 Å². The highest BCUT2D eigenvalue weighted by Gasteiger charge is 2.01. The third-order valence-electron chi connectivity index (χ3n) is 1.84. The maximum Gasteiger partial charge on any atom is 0.229 e. The lowest BCUT2D eigenvalue weighted by atomic mass is 10.1. The quantitative estimate of drug-likeness (QED) is 0.800. The van der Waals surface area contributed by atoms with E-state index in [1.807, 2.05) is 12.1 Å². The minimum atomic E-state index is 0.0548. The molecule has 0 atom stereocenters. The SMILES string of the molecule is CC(=O)c1ccc(Nc2nnns2)cc1. The van der Waals surface area contributed by atoms with Gasteiger partial charge in [-0.25, -0.2) is 0 Å². The van der Waals surface area contributed by atoms with Gasteiger partial charge in [-0.3, -0.25) is 4.79 Å². The average Bonchev–Trinajstić information content (AvgIpc) is 2.71. The predicted molar refractivity (Wildman–Crippen MR) is 57.4 cm³/mol. The van der Waals surface area contributed by atoms with Crippen molar-refractivity contribution >= 4 is 28.1 Å². The number of ketones is 1. The summed E-state index contributed by atoms with van der Waals surface area (Å²) in [4.78, 5) is 11.0. The summed E-state index contributed by atoms with van der Waals surface area (Å²) in [6.45, 7) is 1.54. The summed E-state index contributed by atoms with van der Waals surface area (Å²) in [7, 11) is 0. The Balaban J connectivity index is 2.14. The first-order valence-electron chi connectivity index (χ1n) is 4.29. The van der Waals surface area contributed by atoms with Crippen LogP contribution in [0, 0.1) is 0 Å². The molecule has 0 saturated carbocycles. The molecule has 2 rings (SSSR count). The molecule has 0 unspecified atom stereocenters. The van der Waals surface area contributed by atoms with Crippen LogP contribution < -0.4 is 5.32 Å². The first-order valence-corrected chi connectivity index (χ1v) is 5.06. The Bertz CT molecular complexity index is 451. The Morgan fingerprint density at radius 2 is 2.07 bits per heavy atom. The van der Waals surface area contributed by atoms with E-state index >= 15 is 0 Å². The highest BCUT2D eigenvalue weighted by Crippen LogP contribution is 2.16. The smallest absolute Gasteiger partial charge is 0.229 e. The zero-order valence-electron chi connectivity index (χ0n) is 7.97. The van der Waals surface area contributed by atoms with Gasteiger partial charge >= 0.3 is 0 Å². The van der Waals surface area contributed by atoms with E-state index in [9.17, 15) is 4.79 Å². The lowest BCUT2D eigenvalue weighted by Crippen LogP contribution is -1.93. The fraction of sp³-hybridized carbons (Fsp3) is 0.111. The summed E-state index contributed by atoms with van der Waals surface area (Å²) in [5.74, 6) is 0.0548. The number of hydrogen-bond donors (Lipinski definition) is 1. The number of carbonyl (C=O) groups is 1. The maximum absolute atomic E-state index is 11.0. The van der Waals surface area contributed by atoms with E-state index in [4.69, 9.17) is 0 Å². The van der Waals surface area contributed by atoms with Gasteiger partial charge in [-0.05, 0) is 36.4 Å². The van der Waals surface area contributed by atoms with Crippen molar-refractivity contribution in [1.29, 1.82) is 0 Å². The third-order valence-corrected chi connectivity index (χ3v) is 2.35. The number of carbonyl (C=O) groups excluding carboxylic acids is 1. The Morgan fingerprint density at radius 1 is 1.33 bits per heavy atom. The van der Waals surface area contributed by atoms with Gasteiger partial charge in [0.25, 0.3) is 0 Å². The molecule has 5 nitrogen and oxygen atoms in total. The van der Waals surface area contributed by atoms with Crippen molar-refractivity contribution in [2.45, 2.75) is 6.92 Å². The molecule has 1 aromatic heterocycles. The van der Waals surface area contributed by atoms with E-state index in [0.717, 1.165) is 5.69 Å². The zero-order valence-corrected chi connectivity index (χ0v) is 8.78. The summed E-state index contributed by atoms with van der Waals surface area (Å²) in [5.41, 5.74) is 1.55. The lowest BCUT2D eigenvalue weighted by molar-refractivity contribution is 0.101. The largest absolute Gasteiger partial charge is 0.329 e. The van der Waals surface area contributed by atoms with Crippen LogP contribution in [0.5, 0.6) is 0 Å². The van der Waals surface area contributed by atoms with Crippen molar-refractivity contribution < 1.29 is 4.79 Å². The van der Waals surface area contributed by atoms with Crippen LogP contribution in [0.15, 0.2) is 24.3 Å². The molecule has 0 aliphatic carbocycles. The first kappa shape index (κ1) is 9.72. The molecule has 0 saturated heterocycles. The van der Waals surface area contributed by atoms with Crippen LogP contribution in [-0.4, -0.2) is 20.6 Å². The van der Waals surface area contributed by atoms with E-state index in [2.05, 4.69) is 20.1 Å². The van der Waals surface area contributed by atoms with Crippen molar-refractivity contribution in [2.75, 3.05) is 5.32 Å². The second-order valence-corrected chi connectivity index (χ2v) is 3.66. The van der Waals surface area contributed by atoms with Gasteiger partial charge in [-0.1, -0.05) is 9.59 Å². The summed E-state index contributed by atoms with van der Waals surface area (Å²) in [6.07, 6.45) is 0. The standard InChI is InChI=1S/C9H8N4OS/c1-6(14)7-2-4-8(5-3-7)10-9-11-12-13-15-9/h2-5H,1H3,(H,10,11,13). The fourth-order valence-corrected chi connectivity index (χ4v) is 1.48. The van der Waals surface area contributed by atoms with Crippen molar-refractivity contribution in [3.63, 3.8) is 0 Å². The first-order chi connectivity index (χ1) is 7.25. The molecule has 6 heteroatoms. The van der Waals surface area contributed by atoms with Gasteiger partial charge in [0, 0.05) is 22.8 Å². The molecule has 76 valence electrons. The summed E-state index contributed by atoms with van der Waals surface area (Å²) in [6, 6.07) is 7.16. The van der Waals surface area contributed by atoms with Gasteiger partial charge in [0.2, 0.25) is 5.13 Å². The lowest BCUT2D eigenvalue weighted by Gasteiger charge is -2.01. The third kappa shape index (κ3) is 2.35. The van der Waals surface area contributed by atoms with Gasteiger partial charge in [0.15, 0.2) is 5.78 Å². The van der Waals surface area contributed by atoms with E-state index < -0.39 is 0 Å². The molecule has 0 spiro atoms. The summed E-state index contributed by atoms with van der Waals surface area (Å²) < 4.78 is 3.63. The van der Waals surface area contributed by atoms with Crippen molar-refractivity contribution in [1.82, 2.24) is 14.8 Å². The van der Waals surface area contributed by atoms with Gasteiger partial charge in [0.1, 0.15) is 0 Å². The summed E-state index contributed by atoms with van der Waals surface area (Å²) >= 11 is 1.18. The van der Waals surface area contributed by atoms with Gasteiger partial charge < -0.3 is 5.32 Å². The van der Waals surface area contributed by atoms with Crippen molar-refractivity contribution in [2.24, 2.45) is 0 Å². The zero-order chi connectivity index (χ0) is 10.7. The van der Waals surface area contributed by atoms with E-state index in [1.54, 1.807) is 12.1 Å². The van der Waals surface area contributed by atoms with Crippen molar-refractivity contribution in [3.05, 3.63) is 29.8 Å². The number of anilines is 2. The number of nitrogens with one attached hydrogen (secondary N) is 1. The number of rotatable bonds is 3. The van der Waals surface area contributed by atoms with E-state index in [1.165, 1.54) is 18.5 Å². The number of Topliss-reactive ketones (excluding diaryl/α,β-unsaturated/α-hetero) is 1. The van der Waals surface area contributed by atoms with Crippen LogP contribution >= 0.6 is 11.5 Å². The van der Waals surface area contributed by atoms with Crippen LogP contribution in [-0.2, 0) is 0 Å². The Morgan fingerprint density at radius 3 is 2.60 bits per heavy atom. The number of benzene rings is 1. The molecule has 1 N–H and O–H groups in total. The van der Waals surface area contributed by atoms with Gasteiger partial charge in [-0.15, -0.1) is 0 Å². The molecule has 0 fully saturated rings. The van der Waals surface area contributed by atoms with Crippen LogP contribution in [0.25, 0.3) is 0 Å². The molecule has 0 aliphatic heterocycles. The molecule has 15 heavy (non-hydrogen) atoms. The molecular weight excluding hydrogens is 212 g/mol. The Kier molecular flexibility index (Phi) is 2.68. The van der Waals surface area contributed by atoms with E-state index in [0.29, 0.717) is 10.7 Å². The molecule has 1 aromatic carbocycles. The topological polar surface area (TPSA) is 67.8 Å². The van der Waals surface area contributed by atoms with Gasteiger partial charge in [0.05, 0.1) is 0 Å². The molecule has 2 aromatic rings. The minimum absolute atomic E-state index is 0.0548. The second kappa shape index (κ2) is 4.14. The molecule has 0 radical (unpaired) electrons. The normalized spacial score (nSPS) is 9.93. The van der Waals surface area contributed by atoms with E-state index in [-0.39, 0.29) is 5.78 Å². The van der Waals surface area contributed by atoms with Crippen LogP contribution in [0.2, 0.25) is 0 Å². The predicted octanol–water partition coefficient (Wildman–Crippen LogP) is 1.88. The number of hydrogen-bond acceptors (Lipinski definition) is 6. The van der Waals surface area contributed by atoms with Crippen molar-refractivity contribution in [3.8, 4) is 0 Å². The average molecular weight is 220 g/mol. The number of aromatic nitrogens is 3. The molecule has 0 bridgehead atoms. The van der Waals surface area contributed by atoms with Crippen LogP contribution in [0.3, 0.4) is 0 Å². The number of nitrogens with zero attached hydrogens (tertiary/aromatic N) is 3.